The van der Waals surface area contributed by atoms with Gasteiger partial charge in [0.1, 0.15) is 0 Å². The minimum absolute atomic E-state index is 0.213. The summed E-state index contributed by atoms with van der Waals surface area (Å²) in [6.07, 6.45) is 0. The highest BCUT2D eigenvalue weighted by Crippen LogP contribution is 2.17. The number of hydrogen-bond acceptors (Lipinski definition) is 3. The number of hydrogen-bond donors (Lipinski definition) is 0. The third-order valence-electron chi connectivity index (χ3n) is 2.28. The molecule has 0 atom stereocenters. The highest BCUT2D eigenvalue weighted by Gasteiger charge is 2.16. The van der Waals surface area contributed by atoms with Gasteiger partial charge in [-0.1, -0.05) is 35.9 Å². The number of amides is 2. The molecule has 98 valence electrons. The molecule has 0 aromatic heterocycles. The molecule has 6 heteroatoms. The lowest BCUT2D eigenvalue weighted by Gasteiger charge is -2.21. The summed E-state index contributed by atoms with van der Waals surface area (Å²) in [5.41, 5.74) is 1.72. The van der Waals surface area contributed by atoms with E-state index in [9.17, 15) is 13.2 Å². The van der Waals surface area contributed by atoms with Crippen molar-refractivity contribution in [1.29, 1.82) is 0 Å². The maximum atomic E-state index is 11.7. The molecule has 0 radical (unpaired) electrons. The van der Waals surface area contributed by atoms with E-state index in [0.717, 1.165) is 5.56 Å². The van der Waals surface area contributed by atoms with E-state index in [0.29, 0.717) is 12.2 Å². The second-order valence-corrected chi connectivity index (χ2v) is 5.05. The Kier molecular flexibility index (Phi) is 5.03. The highest BCUT2D eigenvalue weighted by atomic mass is 32.2. The smallest absolute Gasteiger partial charge is 0.291 e. The van der Waals surface area contributed by atoms with E-state index >= 15 is 0 Å². The van der Waals surface area contributed by atoms with Crippen LogP contribution in [0.4, 0.5) is 10.5 Å². The monoisotopic (exact) mass is 268 g/mol. The third-order valence-corrected chi connectivity index (χ3v) is 2.58. The van der Waals surface area contributed by atoms with Gasteiger partial charge < -0.3 is 0 Å². The van der Waals surface area contributed by atoms with Crippen LogP contribution in [0.15, 0.2) is 28.6 Å². The zero-order valence-corrected chi connectivity index (χ0v) is 11.4. The zero-order valence-electron chi connectivity index (χ0n) is 10.6. The predicted octanol–water partition coefficient (Wildman–Crippen LogP) is 2.64. The van der Waals surface area contributed by atoms with Gasteiger partial charge in [0.25, 0.3) is 0 Å². The molecule has 0 bridgehead atoms. The molecule has 0 saturated carbocycles. The van der Waals surface area contributed by atoms with Gasteiger partial charge in [-0.25, -0.2) is 4.79 Å². The van der Waals surface area contributed by atoms with Crippen LogP contribution in [0.25, 0.3) is 0 Å². The highest BCUT2D eigenvalue weighted by molar-refractivity contribution is 7.62. The van der Waals surface area contributed by atoms with Crippen LogP contribution >= 0.6 is 0 Å². The maximum Gasteiger partial charge on any atom is 0.363 e. The van der Waals surface area contributed by atoms with Crippen molar-refractivity contribution in [2.75, 3.05) is 11.4 Å². The molecule has 1 rings (SSSR count). The molecule has 0 aliphatic rings. The molecule has 0 fully saturated rings. The van der Waals surface area contributed by atoms with Gasteiger partial charge in [0.05, 0.1) is 0 Å². The lowest BCUT2D eigenvalue weighted by Crippen LogP contribution is -2.31. The van der Waals surface area contributed by atoms with Crippen molar-refractivity contribution in [3.63, 3.8) is 0 Å². The predicted molar refractivity (Wildman–Crippen MR) is 70.1 cm³/mol. The molecule has 0 aliphatic heterocycles. The molecular weight excluding hydrogens is 252 g/mol. The Morgan fingerprint density at radius 3 is 2.28 bits per heavy atom. The second kappa shape index (κ2) is 6.30. The van der Waals surface area contributed by atoms with Crippen molar-refractivity contribution >= 4 is 22.2 Å². The van der Waals surface area contributed by atoms with E-state index < -0.39 is 16.5 Å². The molecule has 0 aliphatic carbocycles. The third kappa shape index (κ3) is 4.29. The zero-order chi connectivity index (χ0) is 13.7. The fourth-order valence-corrected chi connectivity index (χ4v) is 1.72. The number of carbonyl (C=O) groups excluding carboxylic acids is 1. The summed E-state index contributed by atoms with van der Waals surface area (Å²) in [4.78, 5) is 13.1. The molecule has 0 unspecified atom stereocenters. The van der Waals surface area contributed by atoms with Gasteiger partial charge in [0, 0.05) is 12.2 Å². The van der Waals surface area contributed by atoms with Crippen LogP contribution in [0.2, 0.25) is 0 Å². The van der Waals surface area contributed by atoms with Crippen LogP contribution in [0.1, 0.15) is 19.4 Å². The SMILES string of the molecule is Cc1ccc(N(CC(C)C)C(=O)N=S(=O)=O)cc1. The summed E-state index contributed by atoms with van der Waals surface area (Å²) in [5.74, 6) is 0.213. The van der Waals surface area contributed by atoms with E-state index in [2.05, 4.69) is 4.36 Å². The number of carbonyl (C=O) groups is 1. The summed E-state index contributed by atoms with van der Waals surface area (Å²) in [7, 11) is -2.73. The topological polar surface area (TPSA) is 66.8 Å². The summed E-state index contributed by atoms with van der Waals surface area (Å²) in [6.45, 7) is 6.25. The molecule has 0 spiro atoms. The van der Waals surface area contributed by atoms with Crippen molar-refractivity contribution in [3.8, 4) is 0 Å². The molecule has 0 N–H and O–H groups in total. The first-order chi connectivity index (χ1) is 8.40. The number of benzene rings is 1. The molecule has 0 saturated heterocycles. The number of anilines is 1. The Balaban J connectivity index is 3.08. The van der Waals surface area contributed by atoms with Crippen molar-refractivity contribution < 1.29 is 13.2 Å². The molecule has 18 heavy (non-hydrogen) atoms. The summed E-state index contributed by atoms with van der Waals surface area (Å²) in [6, 6.07) is 6.52. The Morgan fingerprint density at radius 1 is 1.28 bits per heavy atom. The van der Waals surface area contributed by atoms with Gasteiger partial charge in [-0.3, -0.25) is 4.90 Å². The minimum atomic E-state index is -2.73. The number of rotatable bonds is 3. The standard InChI is InChI=1S/C12H16N2O3S/c1-9(2)8-14(12(15)13-18(16)17)11-6-4-10(3)5-7-11/h4-7,9H,8H2,1-3H3. The fourth-order valence-electron chi connectivity index (χ4n) is 1.50. The minimum Gasteiger partial charge on any atom is -0.291 e. The molecule has 0 heterocycles. The van der Waals surface area contributed by atoms with E-state index in [1.165, 1.54) is 4.90 Å². The molecule has 1 aromatic rings. The number of aryl methyl sites for hydroxylation is 1. The summed E-state index contributed by atoms with van der Waals surface area (Å²) < 4.78 is 24.0. The first-order valence-electron chi connectivity index (χ1n) is 5.59. The van der Waals surface area contributed by atoms with Crippen LogP contribution in [-0.2, 0) is 10.5 Å². The quantitative estimate of drug-likeness (QED) is 0.846. The Labute approximate surface area is 108 Å². The Morgan fingerprint density at radius 2 is 1.83 bits per heavy atom. The molecule has 2 amide bonds. The van der Waals surface area contributed by atoms with Crippen molar-refractivity contribution in [1.82, 2.24) is 0 Å². The van der Waals surface area contributed by atoms with Gasteiger partial charge in [-0.05, 0) is 25.0 Å². The average Bonchev–Trinajstić information content (AvgIpc) is 2.26. The van der Waals surface area contributed by atoms with Crippen LogP contribution in [0.5, 0.6) is 0 Å². The Bertz CT molecular complexity index is 539. The van der Waals surface area contributed by atoms with E-state index in [1.54, 1.807) is 12.1 Å². The van der Waals surface area contributed by atoms with Gasteiger partial charge >= 0.3 is 16.5 Å². The van der Waals surface area contributed by atoms with Crippen molar-refractivity contribution in [2.24, 2.45) is 10.3 Å². The lowest BCUT2D eigenvalue weighted by molar-refractivity contribution is 0.253. The normalized spacial score (nSPS) is 10.2. The largest absolute Gasteiger partial charge is 0.363 e. The van der Waals surface area contributed by atoms with Crippen LogP contribution < -0.4 is 4.90 Å². The fraction of sp³-hybridized carbons (Fsp3) is 0.417. The van der Waals surface area contributed by atoms with Crippen molar-refractivity contribution in [2.45, 2.75) is 20.8 Å². The van der Waals surface area contributed by atoms with Gasteiger partial charge in [0.15, 0.2) is 0 Å². The number of urea groups is 1. The van der Waals surface area contributed by atoms with Gasteiger partial charge in [-0.15, -0.1) is 0 Å². The number of nitrogens with zero attached hydrogens (tertiary/aromatic N) is 2. The van der Waals surface area contributed by atoms with E-state index in [-0.39, 0.29) is 5.92 Å². The average molecular weight is 268 g/mol. The van der Waals surface area contributed by atoms with E-state index in [1.807, 2.05) is 32.9 Å². The first kappa shape index (κ1) is 14.4. The first-order valence-corrected chi connectivity index (χ1v) is 6.62. The van der Waals surface area contributed by atoms with E-state index in [4.69, 9.17) is 0 Å². The van der Waals surface area contributed by atoms with Gasteiger partial charge in [0.2, 0.25) is 0 Å². The molecular formula is C12H16N2O3S. The maximum absolute atomic E-state index is 11.7. The molecule has 5 nitrogen and oxygen atoms in total. The van der Waals surface area contributed by atoms with Crippen LogP contribution in [0.3, 0.4) is 0 Å². The van der Waals surface area contributed by atoms with Crippen molar-refractivity contribution in [3.05, 3.63) is 29.8 Å². The van der Waals surface area contributed by atoms with Crippen LogP contribution in [-0.4, -0.2) is 21.0 Å². The van der Waals surface area contributed by atoms with Crippen LogP contribution in [0, 0.1) is 12.8 Å². The summed E-state index contributed by atoms with van der Waals surface area (Å²) >= 11 is 0. The summed E-state index contributed by atoms with van der Waals surface area (Å²) in [5, 5.41) is 0. The van der Waals surface area contributed by atoms with Gasteiger partial charge in [-0.2, -0.15) is 8.42 Å². The Hall–Kier alpha value is -1.69. The molecule has 1 aromatic carbocycles. The lowest BCUT2D eigenvalue weighted by atomic mass is 10.1. The second-order valence-electron chi connectivity index (χ2n) is 4.43.